The summed E-state index contributed by atoms with van der Waals surface area (Å²) in [6.07, 6.45) is 0. The molecule has 66 valence electrons. The second-order valence-corrected chi connectivity index (χ2v) is 3.76. The van der Waals surface area contributed by atoms with Crippen LogP contribution < -0.4 is 4.74 Å². The summed E-state index contributed by atoms with van der Waals surface area (Å²) in [4.78, 5) is 10.6. The van der Waals surface area contributed by atoms with Crippen LogP contribution >= 0.6 is 11.3 Å². The van der Waals surface area contributed by atoms with Crippen molar-refractivity contribution < 1.29 is 14.6 Å². The van der Waals surface area contributed by atoms with Crippen LogP contribution in [0.15, 0.2) is 17.5 Å². The van der Waals surface area contributed by atoms with Gasteiger partial charge >= 0.3 is 5.97 Å². The Bertz CT molecular complexity index is 264. The van der Waals surface area contributed by atoms with Gasteiger partial charge in [0.25, 0.3) is 0 Å². The molecule has 0 unspecified atom stereocenters. The molecule has 0 atom stereocenters. The highest BCUT2D eigenvalue weighted by molar-refractivity contribution is 7.11. The monoisotopic (exact) mass is 186 g/mol. The molecule has 3 nitrogen and oxygen atoms in total. The average Bonchev–Trinajstić information content (AvgIpc) is 2.38. The first-order chi connectivity index (χ1) is 5.52. The number of carbonyl (C=O) groups is 1. The zero-order valence-electron chi connectivity index (χ0n) is 6.90. The summed E-state index contributed by atoms with van der Waals surface area (Å²) < 4.78 is 5.22. The predicted octanol–water partition coefficient (Wildman–Crippen LogP) is 1.99. The third kappa shape index (κ3) is 1.98. The number of aliphatic carboxylic acids is 1. The van der Waals surface area contributed by atoms with Crippen molar-refractivity contribution in [2.24, 2.45) is 0 Å². The molecule has 0 fully saturated rings. The molecule has 1 rings (SSSR count). The van der Waals surface area contributed by atoms with E-state index in [0.29, 0.717) is 5.06 Å². The number of carboxylic acids is 1. The molecular weight excluding hydrogens is 176 g/mol. The summed E-state index contributed by atoms with van der Waals surface area (Å²) in [6, 6.07) is 3.56. The van der Waals surface area contributed by atoms with E-state index >= 15 is 0 Å². The topological polar surface area (TPSA) is 46.5 Å². The Morgan fingerprint density at radius 2 is 2.33 bits per heavy atom. The van der Waals surface area contributed by atoms with Crippen molar-refractivity contribution in [1.82, 2.24) is 0 Å². The molecule has 4 heteroatoms. The largest absolute Gasteiger partial charge is 0.478 e. The van der Waals surface area contributed by atoms with Gasteiger partial charge in [-0.3, -0.25) is 0 Å². The highest BCUT2D eigenvalue weighted by Crippen LogP contribution is 2.23. The van der Waals surface area contributed by atoms with Crippen LogP contribution in [0.3, 0.4) is 0 Å². The fourth-order valence-electron chi connectivity index (χ4n) is 0.617. The fraction of sp³-hybridized carbons (Fsp3) is 0.375. The SMILES string of the molecule is CC(C)(Oc1cccs1)C(=O)O. The van der Waals surface area contributed by atoms with Crippen LogP contribution in [-0.2, 0) is 4.79 Å². The van der Waals surface area contributed by atoms with E-state index in [0.717, 1.165) is 0 Å². The molecule has 1 aromatic rings. The molecule has 0 radical (unpaired) electrons. The lowest BCUT2D eigenvalue weighted by Crippen LogP contribution is -2.37. The standard InChI is InChI=1S/C8H10O3S/c1-8(2,7(9)10)11-6-4-3-5-12-6/h3-5H,1-2H3,(H,9,10). The molecule has 0 aliphatic heterocycles. The molecule has 0 aliphatic rings. The van der Waals surface area contributed by atoms with Crippen molar-refractivity contribution in [3.05, 3.63) is 17.5 Å². The van der Waals surface area contributed by atoms with Gasteiger partial charge in [-0.15, -0.1) is 11.3 Å². The normalized spacial score (nSPS) is 11.2. The number of ether oxygens (including phenoxy) is 1. The molecule has 0 amide bonds. The Kier molecular flexibility index (Phi) is 2.38. The molecule has 12 heavy (non-hydrogen) atoms. The van der Waals surface area contributed by atoms with Crippen LogP contribution in [0.4, 0.5) is 0 Å². The van der Waals surface area contributed by atoms with Crippen LogP contribution in [0.1, 0.15) is 13.8 Å². The van der Waals surface area contributed by atoms with Crippen LogP contribution in [0.2, 0.25) is 0 Å². The minimum Gasteiger partial charge on any atom is -0.478 e. The van der Waals surface area contributed by atoms with Gasteiger partial charge in [-0.05, 0) is 31.4 Å². The number of hydrogen-bond acceptors (Lipinski definition) is 3. The summed E-state index contributed by atoms with van der Waals surface area (Å²) in [5.74, 6) is -0.962. The smallest absolute Gasteiger partial charge is 0.347 e. The maximum absolute atomic E-state index is 10.6. The summed E-state index contributed by atoms with van der Waals surface area (Å²) in [7, 11) is 0. The van der Waals surface area contributed by atoms with Crippen LogP contribution in [-0.4, -0.2) is 16.7 Å². The van der Waals surface area contributed by atoms with E-state index in [4.69, 9.17) is 9.84 Å². The lowest BCUT2D eigenvalue weighted by molar-refractivity contribution is -0.151. The van der Waals surface area contributed by atoms with E-state index in [-0.39, 0.29) is 0 Å². The maximum atomic E-state index is 10.6. The summed E-state index contributed by atoms with van der Waals surface area (Å²) in [6.45, 7) is 3.05. The molecule has 0 aliphatic carbocycles. The first kappa shape index (κ1) is 9.06. The van der Waals surface area contributed by atoms with Gasteiger partial charge in [-0.25, -0.2) is 4.79 Å². The quantitative estimate of drug-likeness (QED) is 0.785. The Morgan fingerprint density at radius 1 is 1.67 bits per heavy atom. The first-order valence-electron chi connectivity index (χ1n) is 3.48. The Labute approximate surface area is 74.6 Å². The molecule has 1 heterocycles. The first-order valence-corrected chi connectivity index (χ1v) is 4.36. The van der Waals surface area contributed by atoms with Gasteiger partial charge in [0, 0.05) is 0 Å². The molecule has 0 saturated heterocycles. The number of hydrogen-bond donors (Lipinski definition) is 1. The van der Waals surface area contributed by atoms with E-state index in [2.05, 4.69) is 0 Å². The number of carboxylic acid groups (broad SMARTS) is 1. The number of thiophene rings is 1. The lowest BCUT2D eigenvalue weighted by Gasteiger charge is -2.19. The van der Waals surface area contributed by atoms with E-state index < -0.39 is 11.6 Å². The minimum atomic E-state index is -1.15. The second-order valence-electron chi connectivity index (χ2n) is 2.85. The van der Waals surface area contributed by atoms with Crippen molar-refractivity contribution in [3.8, 4) is 5.06 Å². The third-order valence-corrected chi connectivity index (χ3v) is 2.11. The van der Waals surface area contributed by atoms with E-state index in [1.807, 2.05) is 11.4 Å². The van der Waals surface area contributed by atoms with Crippen molar-refractivity contribution in [2.45, 2.75) is 19.4 Å². The van der Waals surface area contributed by atoms with Crippen LogP contribution in [0.25, 0.3) is 0 Å². The van der Waals surface area contributed by atoms with Crippen molar-refractivity contribution in [3.63, 3.8) is 0 Å². The number of rotatable bonds is 3. The van der Waals surface area contributed by atoms with Gasteiger partial charge in [0.05, 0.1) is 0 Å². The fourth-order valence-corrected chi connectivity index (χ4v) is 1.32. The maximum Gasteiger partial charge on any atom is 0.347 e. The van der Waals surface area contributed by atoms with E-state index in [1.54, 1.807) is 6.07 Å². The highest BCUT2D eigenvalue weighted by atomic mass is 32.1. The van der Waals surface area contributed by atoms with Gasteiger partial charge in [0.15, 0.2) is 5.06 Å². The Balaban J connectivity index is 2.69. The molecular formula is C8H10O3S. The molecule has 0 bridgehead atoms. The van der Waals surface area contributed by atoms with Crippen LogP contribution in [0, 0.1) is 0 Å². The van der Waals surface area contributed by atoms with E-state index in [9.17, 15) is 4.79 Å². The van der Waals surface area contributed by atoms with Crippen molar-refractivity contribution in [2.75, 3.05) is 0 Å². The Hall–Kier alpha value is -1.03. The summed E-state index contributed by atoms with van der Waals surface area (Å²) in [5, 5.41) is 11.2. The lowest BCUT2D eigenvalue weighted by atomic mass is 10.1. The van der Waals surface area contributed by atoms with Gasteiger partial charge in [-0.1, -0.05) is 0 Å². The second kappa shape index (κ2) is 3.15. The average molecular weight is 186 g/mol. The minimum absolute atomic E-state index is 0.627. The summed E-state index contributed by atoms with van der Waals surface area (Å²) in [5.41, 5.74) is -1.15. The van der Waals surface area contributed by atoms with Crippen molar-refractivity contribution >= 4 is 17.3 Å². The van der Waals surface area contributed by atoms with Gasteiger partial charge in [0.2, 0.25) is 5.60 Å². The molecule has 1 N–H and O–H groups in total. The predicted molar refractivity (Wildman–Crippen MR) is 46.7 cm³/mol. The summed E-state index contributed by atoms with van der Waals surface area (Å²) >= 11 is 1.38. The van der Waals surface area contributed by atoms with E-state index in [1.165, 1.54) is 25.2 Å². The van der Waals surface area contributed by atoms with Crippen LogP contribution in [0.5, 0.6) is 5.06 Å². The van der Waals surface area contributed by atoms with Gasteiger partial charge in [-0.2, -0.15) is 0 Å². The molecule has 0 aromatic carbocycles. The molecule has 0 saturated carbocycles. The molecule has 0 spiro atoms. The third-order valence-electron chi connectivity index (χ3n) is 1.37. The van der Waals surface area contributed by atoms with Gasteiger partial charge in [0.1, 0.15) is 0 Å². The van der Waals surface area contributed by atoms with Gasteiger partial charge < -0.3 is 9.84 Å². The zero-order chi connectivity index (χ0) is 9.19. The molecule has 1 aromatic heterocycles. The Morgan fingerprint density at radius 3 is 2.75 bits per heavy atom. The highest BCUT2D eigenvalue weighted by Gasteiger charge is 2.29. The zero-order valence-corrected chi connectivity index (χ0v) is 7.72. The van der Waals surface area contributed by atoms with Crippen molar-refractivity contribution in [1.29, 1.82) is 0 Å².